The maximum atomic E-state index is 9.91. The molecule has 0 radical (unpaired) electrons. The third-order valence-corrected chi connectivity index (χ3v) is 1.94. The lowest BCUT2D eigenvalue weighted by Crippen LogP contribution is -1.98. The van der Waals surface area contributed by atoms with Gasteiger partial charge in [-0.25, -0.2) is 0 Å². The van der Waals surface area contributed by atoms with Crippen molar-refractivity contribution in [2.45, 2.75) is 6.42 Å². The summed E-state index contributed by atoms with van der Waals surface area (Å²) in [5.74, 6) is 0.897. The van der Waals surface area contributed by atoms with Crippen LogP contribution in [0.15, 0.2) is 0 Å². The van der Waals surface area contributed by atoms with Gasteiger partial charge in [-0.15, -0.1) is 11.6 Å². The maximum Gasteiger partial charge on any atom is 0.313 e. The fraction of sp³-hybridized carbons (Fsp3) is 0.800. The van der Waals surface area contributed by atoms with Gasteiger partial charge in [0, 0.05) is 5.88 Å². The number of rotatable bonds is 5. The molecule has 0 aliphatic heterocycles. The van der Waals surface area contributed by atoms with Gasteiger partial charge in [0.05, 0.1) is 5.75 Å². The smallest absolute Gasteiger partial charge is 0.313 e. The summed E-state index contributed by atoms with van der Waals surface area (Å²) in [6, 6.07) is 0. The predicted octanol–water partition coefficient (Wildman–Crippen LogP) is 1.43. The van der Waals surface area contributed by atoms with Crippen LogP contribution in [0.5, 0.6) is 0 Å². The SMILES string of the molecule is O=C(O)CSCCCCl. The van der Waals surface area contributed by atoms with Gasteiger partial charge in [-0.3, -0.25) is 4.79 Å². The Morgan fingerprint density at radius 2 is 2.33 bits per heavy atom. The van der Waals surface area contributed by atoms with Crippen molar-refractivity contribution in [3.8, 4) is 0 Å². The molecule has 0 heterocycles. The molecule has 0 saturated heterocycles. The summed E-state index contributed by atoms with van der Waals surface area (Å²) in [5.41, 5.74) is 0. The van der Waals surface area contributed by atoms with Gasteiger partial charge < -0.3 is 5.11 Å². The second-order valence-electron chi connectivity index (χ2n) is 1.49. The number of hydrogen-bond acceptors (Lipinski definition) is 2. The van der Waals surface area contributed by atoms with E-state index in [1.807, 2.05) is 0 Å². The van der Waals surface area contributed by atoms with E-state index in [4.69, 9.17) is 16.7 Å². The molecule has 2 nitrogen and oxygen atoms in total. The second-order valence-corrected chi connectivity index (χ2v) is 2.97. The Morgan fingerprint density at radius 1 is 1.67 bits per heavy atom. The van der Waals surface area contributed by atoms with Crippen molar-refractivity contribution in [2.75, 3.05) is 17.4 Å². The summed E-state index contributed by atoms with van der Waals surface area (Å²) < 4.78 is 0. The Kier molecular flexibility index (Phi) is 6.31. The number of hydrogen-bond donors (Lipinski definition) is 1. The lowest BCUT2D eigenvalue weighted by molar-refractivity contribution is -0.133. The Balaban J connectivity index is 2.83. The van der Waals surface area contributed by atoms with Gasteiger partial charge >= 0.3 is 5.97 Å². The molecule has 0 atom stereocenters. The number of aliphatic carboxylic acids is 1. The lowest BCUT2D eigenvalue weighted by atomic mass is 10.6. The molecule has 0 aromatic carbocycles. The predicted molar refractivity (Wildman–Crippen MR) is 40.3 cm³/mol. The minimum atomic E-state index is -0.755. The standard InChI is InChI=1S/C5H9ClO2S/c6-2-1-3-9-4-5(7)8/h1-4H2,(H,7,8). The topological polar surface area (TPSA) is 37.3 Å². The number of alkyl halides is 1. The Bertz CT molecular complexity index is 87.0. The Hall–Kier alpha value is 0.110. The van der Waals surface area contributed by atoms with Crippen LogP contribution in [-0.2, 0) is 4.79 Å². The van der Waals surface area contributed by atoms with E-state index in [9.17, 15) is 4.79 Å². The van der Waals surface area contributed by atoms with Gasteiger partial charge in [-0.2, -0.15) is 11.8 Å². The van der Waals surface area contributed by atoms with E-state index in [2.05, 4.69) is 0 Å². The fourth-order valence-electron chi connectivity index (χ4n) is 0.316. The van der Waals surface area contributed by atoms with Crippen molar-refractivity contribution in [1.29, 1.82) is 0 Å². The van der Waals surface area contributed by atoms with Crippen LogP contribution in [0.4, 0.5) is 0 Å². The zero-order chi connectivity index (χ0) is 7.11. The number of carboxylic acids is 1. The van der Waals surface area contributed by atoms with Crippen molar-refractivity contribution in [3.63, 3.8) is 0 Å². The van der Waals surface area contributed by atoms with E-state index in [0.717, 1.165) is 12.2 Å². The van der Waals surface area contributed by atoms with E-state index in [-0.39, 0.29) is 5.75 Å². The van der Waals surface area contributed by atoms with Crippen LogP contribution in [0.2, 0.25) is 0 Å². The summed E-state index contributed by atoms with van der Waals surface area (Å²) >= 11 is 6.76. The first-order chi connectivity index (χ1) is 4.27. The zero-order valence-corrected chi connectivity index (χ0v) is 6.54. The largest absolute Gasteiger partial charge is 0.481 e. The van der Waals surface area contributed by atoms with Gasteiger partial charge in [0.15, 0.2) is 0 Å². The van der Waals surface area contributed by atoms with Crippen molar-refractivity contribution in [1.82, 2.24) is 0 Å². The van der Waals surface area contributed by atoms with Crippen LogP contribution in [0.25, 0.3) is 0 Å². The Morgan fingerprint density at radius 3 is 2.78 bits per heavy atom. The lowest BCUT2D eigenvalue weighted by Gasteiger charge is -1.92. The Labute approximate surface area is 63.6 Å². The van der Waals surface area contributed by atoms with Gasteiger partial charge in [0.25, 0.3) is 0 Å². The summed E-state index contributed by atoms with van der Waals surface area (Å²) in [7, 11) is 0. The highest BCUT2D eigenvalue weighted by Crippen LogP contribution is 2.01. The monoisotopic (exact) mass is 168 g/mol. The first kappa shape index (κ1) is 9.11. The average molecular weight is 169 g/mol. The van der Waals surface area contributed by atoms with E-state index in [1.165, 1.54) is 11.8 Å². The molecule has 0 bridgehead atoms. The summed E-state index contributed by atoms with van der Waals surface area (Å²) in [4.78, 5) is 9.91. The van der Waals surface area contributed by atoms with E-state index in [1.54, 1.807) is 0 Å². The summed E-state index contributed by atoms with van der Waals surface area (Å²) in [6.07, 6.45) is 0.888. The summed E-state index contributed by atoms with van der Waals surface area (Å²) in [6.45, 7) is 0. The molecule has 0 aliphatic carbocycles. The third kappa shape index (κ3) is 8.11. The fourth-order valence-corrected chi connectivity index (χ4v) is 1.28. The van der Waals surface area contributed by atoms with E-state index >= 15 is 0 Å². The van der Waals surface area contributed by atoms with Crippen LogP contribution in [0.3, 0.4) is 0 Å². The molecule has 0 aromatic rings. The highest BCUT2D eigenvalue weighted by atomic mass is 35.5. The number of carbonyl (C=O) groups is 1. The molecule has 1 N–H and O–H groups in total. The van der Waals surface area contributed by atoms with Crippen molar-refractivity contribution in [2.24, 2.45) is 0 Å². The highest BCUT2D eigenvalue weighted by Gasteiger charge is 1.94. The van der Waals surface area contributed by atoms with E-state index in [0.29, 0.717) is 5.88 Å². The summed E-state index contributed by atoms with van der Waals surface area (Å²) in [5, 5.41) is 8.16. The first-order valence-corrected chi connectivity index (χ1v) is 4.32. The molecule has 0 amide bonds. The molecule has 54 valence electrons. The molecule has 0 aliphatic rings. The molecule has 9 heavy (non-hydrogen) atoms. The van der Waals surface area contributed by atoms with Crippen molar-refractivity contribution >= 4 is 29.3 Å². The number of carboxylic acid groups (broad SMARTS) is 1. The van der Waals surface area contributed by atoms with Crippen LogP contribution in [0, 0.1) is 0 Å². The van der Waals surface area contributed by atoms with Crippen LogP contribution in [0.1, 0.15) is 6.42 Å². The quantitative estimate of drug-likeness (QED) is 0.499. The van der Waals surface area contributed by atoms with Crippen LogP contribution in [-0.4, -0.2) is 28.5 Å². The molecule has 0 saturated carbocycles. The third-order valence-electron chi connectivity index (χ3n) is 0.648. The molecule has 0 aromatic heterocycles. The molecular weight excluding hydrogens is 160 g/mol. The van der Waals surface area contributed by atoms with Gasteiger partial charge in [0.1, 0.15) is 0 Å². The zero-order valence-electron chi connectivity index (χ0n) is 4.97. The molecule has 0 rings (SSSR count). The minimum absolute atomic E-state index is 0.191. The first-order valence-electron chi connectivity index (χ1n) is 2.63. The molecule has 4 heteroatoms. The van der Waals surface area contributed by atoms with Gasteiger partial charge in [-0.1, -0.05) is 0 Å². The second kappa shape index (κ2) is 6.23. The van der Waals surface area contributed by atoms with Crippen molar-refractivity contribution in [3.05, 3.63) is 0 Å². The molecule has 0 fully saturated rings. The molecule has 0 spiro atoms. The molecule has 0 unspecified atom stereocenters. The van der Waals surface area contributed by atoms with Gasteiger partial charge in [0.2, 0.25) is 0 Å². The average Bonchev–Trinajstić information content (AvgIpc) is 1.80. The highest BCUT2D eigenvalue weighted by molar-refractivity contribution is 7.99. The van der Waals surface area contributed by atoms with Gasteiger partial charge in [-0.05, 0) is 12.2 Å². The molecular formula is C5H9ClO2S. The van der Waals surface area contributed by atoms with Crippen LogP contribution >= 0.6 is 23.4 Å². The number of halogens is 1. The maximum absolute atomic E-state index is 9.91. The minimum Gasteiger partial charge on any atom is -0.481 e. The van der Waals surface area contributed by atoms with E-state index < -0.39 is 5.97 Å². The van der Waals surface area contributed by atoms with Crippen molar-refractivity contribution < 1.29 is 9.90 Å². The number of thioether (sulfide) groups is 1. The normalized spacial score (nSPS) is 9.44. The van der Waals surface area contributed by atoms with Crippen LogP contribution < -0.4 is 0 Å².